The second kappa shape index (κ2) is 7.71. The number of aryl methyl sites for hydroxylation is 1. The molecule has 3 aromatic rings. The van der Waals surface area contributed by atoms with Crippen molar-refractivity contribution < 1.29 is 18.0 Å². The van der Waals surface area contributed by atoms with Gasteiger partial charge >= 0.3 is 0 Å². The summed E-state index contributed by atoms with van der Waals surface area (Å²) in [6, 6.07) is 20.9. The number of carbonyl (C=O) groups is 2. The summed E-state index contributed by atoms with van der Waals surface area (Å²) in [7, 11) is -4.19. The van der Waals surface area contributed by atoms with Gasteiger partial charge in [-0.2, -0.15) is 0 Å². The summed E-state index contributed by atoms with van der Waals surface area (Å²) in [5, 5.41) is 0.517. The molecule has 2 amide bonds. The lowest BCUT2D eigenvalue weighted by Crippen LogP contribution is -2.54. The molecule has 0 bridgehead atoms. The number of benzene rings is 3. The maximum atomic E-state index is 14.1. The summed E-state index contributed by atoms with van der Waals surface area (Å²) in [5.41, 5.74) is 2.94. The van der Waals surface area contributed by atoms with E-state index in [1.165, 1.54) is 9.80 Å². The van der Waals surface area contributed by atoms with Crippen LogP contribution in [-0.2, 0) is 37.3 Å². The van der Waals surface area contributed by atoms with E-state index in [0.717, 1.165) is 17.5 Å². The Morgan fingerprint density at radius 3 is 2.36 bits per heavy atom. The highest BCUT2D eigenvalue weighted by molar-refractivity contribution is 7.94. The highest BCUT2D eigenvalue weighted by Gasteiger charge is 2.69. The van der Waals surface area contributed by atoms with Gasteiger partial charge in [0.1, 0.15) is 5.75 Å². The number of rotatable bonds is 4. The molecule has 1 spiro atoms. The van der Waals surface area contributed by atoms with Crippen molar-refractivity contribution in [1.29, 1.82) is 0 Å². The zero-order valence-corrected chi connectivity index (χ0v) is 19.4. The molecule has 168 valence electrons. The van der Waals surface area contributed by atoms with E-state index in [4.69, 9.17) is 11.6 Å². The molecule has 3 aromatic carbocycles. The van der Waals surface area contributed by atoms with Crippen molar-refractivity contribution >= 4 is 44.6 Å². The molecule has 33 heavy (non-hydrogen) atoms. The number of sulfone groups is 1. The number of para-hydroxylation sites is 1. The van der Waals surface area contributed by atoms with E-state index in [-0.39, 0.29) is 6.54 Å². The van der Waals surface area contributed by atoms with Crippen molar-refractivity contribution in [2.45, 2.75) is 24.8 Å². The molecule has 2 aliphatic heterocycles. The van der Waals surface area contributed by atoms with Crippen molar-refractivity contribution in [3.05, 3.63) is 94.5 Å². The van der Waals surface area contributed by atoms with Crippen molar-refractivity contribution in [3.63, 3.8) is 0 Å². The number of carbonyl (C=O) groups excluding carboxylic acids is 2. The summed E-state index contributed by atoms with van der Waals surface area (Å²) in [5.74, 6) is -2.01. The minimum Gasteiger partial charge on any atom is -0.304 e. The molecule has 1 atom stereocenters. The Labute approximate surface area is 197 Å². The Morgan fingerprint density at radius 2 is 1.67 bits per heavy atom. The smallest absolute Gasteiger partial charge is 0.274 e. The van der Waals surface area contributed by atoms with Crippen molar-refractivity contribution in [2.75, 3.05) is 15.6 Å². The Kier molecular flexibility index (Phi) is 5.06. The zero-order chi connectivity index (χ0) is 23.4. The molecular formula is C25H21ClN2O4S. The van der Waals surface area contributed by atoms with E-state index in [2.05, 4.69) is 0 Å². The van der Waals surface area contributed by atoms with Crippen LogP contribution in [0.4, 0.5) is 11.4 Å². The summed E-state index contributed by atoms with van der Waals surface area (Å²) < 4.78 is 27.2. The molecule has 6 nitrogen and oxygen atoms in total. The minimum absolute atomic E-state index is 0.129. The molecule has 0 radical (unpaired) electrons. The van der Waals surface area contributed by atoms with E-state index in [1.54, 1.807) is 54.6 Å². The standard InChI is InChI=1S/C25H21ClN2O4S/c1-2-17-10-12-20(13-11-17)28-23(29)16-33(31,32)25(28)21-8-3-4-9-22(21)27(24(25)30)15-18-6-5-7-19(26)14-18/h3-14H,2,15-16H2,1H3. The zero-order valence-electron chi connectivity index (χ0n) is 17.9. The minimum atomic E-state index is -4.19. The van der Waals surface area contributed by atoms with Crippen LogP contribution >= 0.6 is 11.6 Å². The number of amides is 2. The largest absolute Gasteiger partial charge is 0.304 e. The van der Waals surface area contributed by atoms with Crippen molar-refractivity contribution in [1.82, 2.24) is 0 Å². The Hall–Kier alpha value is -3.16. The van der Waals surface area contributed by atoms with Gasteiger partial charge in [-0.1, -0.05) is 61.0 Å². The van der Waals surface area contributed by atoms with Gasteiger partial charge in [0.2, 0.25) is 5.91 Å². The maximum absolute atomic E-state index is 14.1. The lowest BCUT2D eigenvalue weighted by Gasteiger charge is -2.32. The number of nitrogens with zero attached hydrogens (tertiary/aromatic N) is 2. The van der Waals surface area contributed by atoms with Gasteiger partial charge in [-0.25, -0.2) is 8.42 Å². The fourth-order valence-corrected chi connectivity index (χ4v) is 6.99. The lowest BCUT2D eigenvalue weighted by atomic mass is 10.0. The second-order valence-corrected chi connectivity index (χ2v) is 10.7. The highest BCUT2D eigenvalue weighted by Crippen LogP contribution is 2.52. The summed E-state index contributed by atoms with van der Waals surface area (Å²) in [6.07, 6.45) is 0.798. The third kappa shape index (κ3) is 3.10. The molecular weight excluding hydrogens is 460 g/mol. The summed E-state index contributed by atoms with van der Waals surface area (Å²) in [4.78, 5) is 27.7. The molecule has 0 N–H and O–H groups in total. The van der Waals surface area contributed by atoms with Gasteiger partial charge in [-0.3, -0.25) is 14.5 Å². The fraction of sp³-hybridized carbons (Fsp3) is 0.200. The van der Waals surface area contributed by atoms with Crippen LogP contribution in [0.5, 0.6) is 0 Å². The quantitative estimate of drug-likeness (QED) is 0.564. The highest BCUT2D eigenvalue weighted by atomic mass is 35.5. The first-order valence-electron chi connectivity index (χ1n) is 10.6. The first-order valence-corrected chi connectivity index (χ1v) is 12.6. The Balaban J connectivity index is 1.71. The van der Waals surface area contributed by atoms with Crippen LogP contribution in [0.15, 0.2) is 72.8 Å². The van der Waals surface area contributed by atoms with E-state index in [9.17, 15) is 18.0 Å². The normalized spacial score (nSPS) is 21.2. The average molecular weight is 481 g/mol. The van der Waals surface area contributed by atoms with Crippen LogP contribution in [0.25, 0.3) is 0 Å². The molecule has 0 aromatic heterocycles. The van der Waals surface area contributed by atoms with Crippen LogP contribution in [0, 0.1) is 0 Å². The van der Waals surface area contributed by atoms with Crippen molar-refractivity contribution in [2.24, 2.45) is 0 Å². The van der Waals surface area contributed by atoms with E-state index in [1.807, 2.05) is 25.1 Å². The SMILES string of the molecule is CCc1ccc(N2C(=O)CS(=O)(=O)C23C(=O)N(Cc2cccc(Cl)c2)c2ccccc23)cc1. The first kappa shape index (κ1) is 21.7. The molecule has 8 heteroatoms. The Morgan fingerprint density at radius 1 is 0.939 bits per heavy atom. The number of fused-ring (bicyclic) bond motifs is 2. The fourth-order valence-electron chi connectivity index (χ4n) is 4.75. The van der Waals surface area contributed by atoms with Crippen LogP contribution in [0.2, 0.25) is 5.02 Å². The maximum Gasteiger partial charge on any atom is 0.274 e. The molecule has 1 saturated heterocycles. The molecule has 0 saturated carbocycles. The van der Waals surface area contributed by atoms with Crippen LogP contribution < -0.4 is 9.80 Å². The first-order chi connectivity index (χ1) is 15.8. The molecule has 0 aliphatic carbocycles. The molecule has 2 aliphatic rings. The van der Waals surface area contributed by atoms with Gasteiger partial charge < -0.3 is 4.90 Å². The predicted octanol–water partition coefficient (Wildman–Crippen LogP) is 4.06. The van der Waals surface area contributed by atoms with E-state index < -0.39 is 32.3 Å². The number of hydrogen-bond donors (Lipinski definition) is 0. The predicted molar refractivity (Wildman–Crippen MR) is 128 cm³/mol. The lowest BCUT2D eigenvalue weighted by molar-refractivity contribution is -0.123. The third-order valence-corrected chi connectivity index (χ3v) is 8.59. The molecule has 5 rings (SSSR count). The summed E-state index contributed by atoms with van der Waals surface area (Å²) >= 11 is 6.13. The van der Waals surface area contributed by atoms with E-state index in [0.29, 0.717) is 22.0 Å². The van der Waals surface area contributed by atoms with Crippen LogP contribution in [0.1, 0.15) is 23.6 Å². The molecule has 1 unspecified atom stereocenters. The van der Waals surface area contributed by atoms with Gasteiger partial charge in [0.25, 0.3) is 10.8 Å². The second-order valence-electron chi connectivity index (χ2n) is 8.19. The van der Waals surface area contributed by atoms with Crippen LogP contribution in [0.3, 0.4) is 0 Å². The van der Waals surface area contributed by atoms with E-state index >= 15 is 0 Å². The third-order valence-electron chi connectivity index (χ3n) is 6.26. The number of hydrogen-bond acceptors (Lipinski definition) is 4. The number of halogens is 1. The van der Waals surface area contributed by atoms with Gasteiger partial charge in [0.15, 0.2) is 9.84 Å². The Bertz CT molecular complexity index is 1390. The van der Waals surface area contributed by atoms with Gasteiger partial charge in [-0.15, -0.1) is 0 Å². The van der Waals surface area contributed by atoms with Crippen LogP contribution in [-0.4, -0.2) is 26.0 Å². The topological polar surface area (TPSA) is 74.8 Å². The molecule has 2 heterocycles. The molecule has 1 fully saturated rings. The van der Waals surface area contributed by atoms with Gasteiger partial charge in [-0.05, 0) is 47.9 Å². The van der Waals surface area contributed by atoms with Gasteiger partial charge in [0, 0.05) is 16.3 Å². The summed E-state index contributed by atoms with van der Waals surface area (Å²) in [6.45, 7) is 2.14. The van der Waals surface area contributed by atoms with Gasteiger partial charge in [0.05, 0.1) is 12.2 Å². The number of anilines is 2. The van der Waals surface area contributed by atoms with Crippen molar-refractivity contribution in [3.8, 4) is 0 Å². The average Bonchev–Trinajstić information content (AvgIpc) is 3.17. The monoisotopic (exact) mass is 480 g/mol.